The number of para-hydroxylation sites is 2. The van der Waals surface area contributed by atoms with Crippen molar-refractivity contribution in [2.45, 2.75) is 6.54 Å². The second-order valence-electron chi connectivity index (χ2n) is 4.38. The average molecular weight is 259 g/mol. The van der Waals surface area contributed by atoms with Crippen LogP contribution in [0.5, 0.6) is 0 Å². The minimum atomic E-state index is -0.149. The number of rotatable bonds is 1. The van der Waals surface area contributed by atoms with Crippen LogP contribution >= 0.6 is 0 Å². The Kier molecular flexibility index (Phi) is 3.42. The van der Waals surface area contributed by atoms with E-state index in [1.54, 1.807) is 0 Å². The van der Waals surface area contributed by atoms with Crippen LogP contribution in [0.1, 0.15) is 0 Å². The van der Waals surface area contributed by atoms with Gasteiger partial charge >= 0.3 is 0 Å². The van der Waals surface area contributed by atoms with E-state index in [0.717, 1.165) is 0 Å². The molecule has 0 aliphatic rings. The third-order valence-electron chi connectivity index (χ3n) is 3.24. The summed E-state index contributed by atoms with van der Waals surface area (Å²) < 4.78 is 2.19. The summed E-state index contributed by atoms with van der Waals surface area (Å²) >= 11 is 0. The molecular formula is C18H13NO. The van der Waals surface area contributed by atoms with E-state index < -0.39 is 0 Å². The van der Waals surface area contributed by atoms with Crippen molar-refractivity contribution in [1.29, 1.82) is 0 Å². The molecule has 0 bridgehead atoms. The van der Waals surface area contributed by atoms with Crippen molar-refractivity contribution in [3.05, 3.63) is 48.5 Å². The standard InChI is InChI=1S/C18H13NO/c20-14-8-2-1-7-13-19-17-11-5-3-9-15(17)16-10-4-6-12-18(16)19/h3-6,9-12,20H,13-14H2. The zero-order valence-electron chi connectivity index (χ0n) is 10.9. The molecule has 0 saturated carbocycles. The SMILES string of the molecule is OCC#CC#CCn1c2ccccc2c2ccccc21. The Morgan fingerprint density at radius 2 is 1.35 bits per heavy atom. The summed E-state index contributed by atoms with van der Waals surface area (Å²) in [6, 6.07) is 16.7. The highest BCUT2D eigenvalue weighted by Gasteiger charge is 2.07. The Balaban J connectivity index is 2.13. The molecule has 96 valence electrons. The number of nitrogens with zero attached hydrogens (tertiary/aromatic N) is 1. The van der Waals surface area contributed by atoms with Gasteiger partial charge in [-0.15, -0.1) is 0 Å². The molecular weight excluding hydrogens is 246 g/mol. The van der Waals surface area contributed by atoms with Crippen molar-refractivity contribution in [2.24, 2.45) is 0 Å². The molecule has 2 nitrogen and oxygen atoms in total. The van der Waals surface area contributed by atoms with Crippen molar-refractivity contribution in [3.8, 4) is 23.7 Å². The van der Waals surface area contributed by atoms with Gasteiger partial charge in [0.05, 0.1) is 6.54 Å². The largest absolute Gasteiger partial charge is 0.384 e. The van der Waals surface area contributed by atoms with Crippen LogP contribution in [0.25, 0.3) is 21.8 Å². The van der Waals surface area contributed by atoms with Gasteiger partial charge in [-0.2, -0.15) is 0 Å². The van der Waals surface area contributed by atoms with Gasteiger partial charge in [0, 0.05) is 21.8 Å². The minimum absolute atomic E-state index is 0.149. The third kappa shape index (κ3) is 2.14. The molecule has 0 aliphatic carbocycles. The Labute approximate surface area is 117 Å². The van der Waals surface area contributed by atoms with Gasteiger partial charge in [0.2, 0.25) is 0 Å². The zero-order chi connectivity index (χ0) is 13.8. The number of benzene rings is 2. The summed E-state index contributed by atoms with van der Waals surface area (Å²) in [5, 5.41) is 11.1. The van der Waals surface area contributed by atoms with Crippen LogP contribution in [0.15, 0.2) is 48.5 Å². The van der Waals surface area contributed by atoms with Gasteiger partial charge in [-0.05, 0) is 24.0 Å². The molecule has 0 unspecified atom stereocenters. The third-order valence-corrected chi connectivity index (χ3v) is 3.24. The average Bonchev–Trinajstić information content (AvgIpc) is 2.82. The molecule has 0 radical (unpaired) electrons. The number of hydrogen-bond acceptors (Lipinski definition) is 1. The van der Waals surface area contributed by atoms with Crippen molar-refractivity contribution in [3.63, 3.8) is 0 Å². The maximum Gasteiger partial charge on any atom is 0.105 e. The number of hydrogen-bond donors (Lipinski definition) is 1. The van der Waals surface area contributed by atoms with Crippen molar-refractivity contribution in [2.75, 3.05) is 6.61 Å². The molecule has 0 atom stereocenters. The summed E-state index contributed by atoms with van der Waals surface area (Å²) in [6.07, 6.45) is 0. The van der Waals surface area contributed by atoms with Gasteiger partial charge in [0.1, 0.15) is 6.61 Å². The molecule has 2 aromatic carbocycles. The van der Waals surface area contributed by atoms with E-state index in [1.165, 1.54) is 21.8 Å². The van der Waals surface area contributed by atoms with E-state index >= 15 is 0 Å². The van der Waals surface area contributed by atoms with Crippen LogP contribution in [-0.2, 0) is 6.54 Å². The summed E-state index contributed by atoms with van der Waals surface area (Å²) in [4.78, 5) is 0. The molecule has 1 N–H and O–H groups in total. The molecule has 0 amide bonds. The highest BCUT2D eigenvalue weighted by atomic mass is 16.2. The van der Waals surface area contributed by atoms with Crippen LogP contribution in [-0.4, -0.2) is 16.3 Å². The maximum atomic E-state index is 8.59. The monoisotopic (exact) mass is 259 g/mol. The second kappa shape index (κ2) is 5.53. The Morgan fingerprint density at radius 3 is 1.95 bits per heavy atom. The first-order valence-corrected chi connectivity index (χ1v) is 6.44. The van der Waals surface area contributed by atoms with Crippen LogP contribution in [0.3, 0.4) is 0 Å². The van der Waals surface area contributed by atoms with Gasteiger partial charge in [-0.1, -0.05) is 48.2 Å². The molecule has 1 heterocycles. The minimum Gasteiger partial charge on any atom is -0.384 e. The van der Waals surface area contributed by atoms with Crippen LogP contribution in [0.4, 0.5) is 0 Å². The van der Waals surface area contributed by atoms with Crippen LogP contribution < -0.4 is 0 Å². The molecule has 0 fully saturated rings. The lowest BCUT2D eigenvalue weighted by Gasteiger charge is -2.01. The highest BCUT2D eigenvalue weighted by molar-refractivity contribution is 6.07. The summed E-state index contributed by atoms with van der Waals surface area (Å²) in [7, 11) is 0. The van der Waals surface area contributed by atoms with Gasteiger partial charge in [0.25, 0.3) is 0 Å². The van der Waals surface area contributed by atoms with Gasteiger partial charge in [0.15, 0.2) is 0 Å². The van der Waals surface area contributed by atoms with Gasteiger partial charge < -0.3 is 9.67 Å². The fraction of sp³-hybridized carbons (Fsp3) is 0.111. The first-order valence-electron chi connectivity index (χ1n) is 6.44. The van der Waals surface area contributed by atoms with E-state index in [1.807, 2.05) is 12.1 Å². The van der Waals surface area contributed by atoms with Gasteiger partial charge in [-0.25, -0.2) is 0 Å². The fourth-order valence-electron chi connectivity index (χ4n) is 2.42. The summed E-state index contributed by atoms with van der Waals surface area (Å²) in [6.45, 7) is 0.443. The predicted octanol–water partition coefficient (Wildman–Crippen LogP) is 2.79. The number of fused-ring (bicyclic) bond motifs is 3. The van der Waals surface area contributed by atoms with Crippen molar-refractivity contribution >= 4 is 21.8 Å². The molecule has 0 saturated heterocycles. The quantitative estimate of drug-likeness (QED) is 0.668. The molecule has 20 heavy (non-hydrogen) atoms. The fourth-order valence-corrected chi connectivity index (χ4v) is 2.42. The highest BCUT2D eigenvalue weighted by Crippen LogP contribution is 2.28. The van der Waals surface area contributed by atoms with E-state index in [2.05, 4.69) is 64.6 Å². The number of aliphatic hydroxyl groups is 1. The Morgan fingerprint density at radius 1 is 0.800 bits per heavy atom. The molecule has 3 rings (SSSR count). The topological polar surface area (TPSA) is 25.2 Å². The smallest absolute Gasteiger partial charge is 0.105 e. The van der Waals surface area contributed by atoms with Crippen molar-refractivity contribution in [1.82, 2.24) is 4.57 Å². The van der Waals surface area contributed by atoms with E-state index in [9.17, 15) is 0 Å². The normalized spacial score (nSPS) is 9.85. The van der Waals surface area contributed by atoms with E-state index in [0.29, 0.717) is 6.54 Å². The lowest BCUT2D eigenvalue weighted by atomic mass is 10.2. The number of aliphatic hydroxyl groups excluding tert-OH is 1. The first kappa shape index (κ1) is 12.4. The molecule has 0 aliphatic heterocycles. The zero-order valence-corrected chi connectivity index (χ0v) is 10.9. The first-order chi connectivity index (χ1) is 9.92. The molecule has 2 heteroatoms. The van der Waals surface area contributed by atoms with Crippen LogP contribution in [0, 0.1) is 23.7 Å². The summed E-state index contributed by atoms with van der Waals surface area (Å²) in [5.74, 6) is 10.9. The van der Waals surface area contributed by atoms with Gasteiger partial charge in [-0.3, -0.25) is 0 Å². The van der Waals surface area contributed by atoms with E-state index in [-0.39, 0.29) is 6.61 Å². The van der Waals surface area contributed by atoms with E-state index in [4.69, 9.17) is 5.11 Å². The molecule has 3 aromatic rings. The predicted molar refractivity (Wildman–Crippen MR) is 82.1 cm³/mol. The van der Waals surface area contributed by atoms with Crippen molar-refractivity contribution < 1.29 is 5.11 Å². The van der Waals surface area contributed by atoms with Crippen LogP contribution in [0.2, 0.25) is 0 Å². The number of aromatic nitrogens is 1. The second-order valence-corrected chi connectivity index (χ2v) is 4.38. The maximum absolute atomic E-state index is 8.59. The summed E-state index contributed by atoms with van der Waals surface area (Å²) in [5.41, 5.74) is 2.36. The lowest BCUT2D eigenvalue weighted by Crippen LogP contribution is -1.94. The Bertz CT molecular complexity index is 828. The molecule has 1 aromatic heterocycles. The lowest BCUT2D eigenvalue weighted by molar-refractivity contribution is 0.350. The molecule has 0 spiro atoms. The Hall–Kier alpha value is -2.68.